The first-order chi connectivity index (χ1) is 11.2. The lowest BCUT2D eigenvalue weighted by atomic mass is 9.89. The van der Waals surface area contributed by atoms with Crippen LogP contribution in [0.15, 0.2) is 42.5 Å². The molecule has 0 aliphatic heterocycles. The molecule has 1 amide bonds. The third-order valence-corrected chi connectivity index (χ3v) is 4.50. The van der Waals surface area contributed by atoms with E-state index in [0.717, 1.165) is 12.0 Å². The molecule has 0 unspecified atom stereocenters. The molecular weight excluding hydrogens is 284 g/mol. The van der Waals surface area contributed by atoms with Gasteiger partial charge in [0.2, 0.25) is 0 Å². The number of hydrogen-bond acceptors (Lipinski definition) is 2. The standard InChI is InChI=1S/C20H20N2O/c1-14(18-11-10-16-4-2-3-5-19(16)12-18)22-20(23)17-8-6-15(13-21)7-9-17/h6-12,14H,2-5H2,1H3,(H,22,23)/t14-/m1/s1. The predicted molar refractivity (Wildman–Crippen MR) is 90.1 cm³/mol. The van der Waals surface area contributed by atoms with Gasteiger partial charge < -0.3 is 5.32 Å². The molecule has 3 nitrogen and oxygen atoms in total. The van der Waals surface area contributed by atoms with Gasteiger partial charge in [-0.3, -0.25) is 4.79 Å². The Kier molecular flexibility index (Phi) is 4.43. The fraction of sp³-hybridized carbons (Fsp3) is 0.300. The van der Waals surface area contributed by atoms with E-state index >= 15 is 0 Å². The van der Waals surface area contributed by atoms with Crippen molar-refractivity contribution in [3.8, 4) is 6.07 Å². The fourth-order valence-electron chi connectivity index (χ4n) is 3.08. The summed E-state index contributed by atoms with van der Waals surface area (Å²) in [6.45, 7) is 2.01. The number of rotatable bonds is 3. The van der Waals surface area contributed by atoms with Crippen molar-refractivity contribution >= 4 is 5.91 Å². The molecule has 0 radical (unpaired) electrons. The maximum absolute atomic E-state index is 12.3. The van der Waals surface area contributed by atoms with Crippen LogP contribution in [0.3, 0.4) is 0 Å². The summed E-state index contributed by atoms with van der Waals surface area (Å²) < 4.78 is 0. The van der Waals surface area contributed by atoms with Crippen molar-refractivity contribution < 1.29 is 4.79 Å². The van der Waals surface area contributed by atoms with E-state index in [2.05, 4.69) is 29.6 Å². The van der Waals surface area contributed by atoms with Gasteiger partial charge in [0.15, 0.2) is 0 Å². The highest BCUT2D eigenvalue weighted by molar-refractivity contribution is 5.94. The van der Waals surface area contributed by atoms with E-state index in [9.17, 15) is 4.79 Å². The molecule has 1 aliphatic rings. The summed E-state index contributed by atoms with van der Waals surface area (Å²) in [4.78, 5) is 12.3. The molecule has 0 fully saturated rings. The minimum atomic E-state index is -0.111. The highest BCUT2D eigenvalue weighted by Crippen LogP contribution is 2.24. The van der Waals surface area contributed by atoms with Crippen molar-refractivity contribution in [2.24, 2.45) is 0 Å². The molecule has 1 N–H and O–H groups in total. The number of fused-ring (bicyclic) bond motifs is 1. The van der Waals surface area contributed by atoms with Crippen LogP contribution in [0.25, 0.3) is 0 Å². The SMILES string of the molecule is C[C@@H](NC(=O)c1ccc(C#N)cc1)c1ccc2c(c1)CCCC2. The van der Waals surface area contributed by atoms with Gasteiger partial charge in [-0.25, -0.2) is 0 Å². The van der Waals surface area contributed by atoms with Crippen LogP contribution in [0.2, 0.25) is 0 Å². The van der Waals surface area contributed by atoms with Crippen LogP contribution < -0.4 is 5.32 Å². The lowest BCUT2D eigenvalue weighted by Crippen LogP contribution is -2.26. The first kappa shape index (κ1) is 15.3. The quantitative estimate of drug-likeness (QED) is 0.934. The Bertz CT molecular complexity index is 756. The van der Waals surface area contributed by atoms with E-state index in [1.54, 1.807) is 24.3 Å². The van der Waals surface area contributed by atoms with Crippen LogP contribution in [0.1, 0.15) is 58.4 Å². The monoisotopic (exact) mass is 304 g/mol. The number of carbonyl (C=O) groups is 1. The number of carbonyl (C=O) groups excluding carboxylic acids is 1. The van der Waals surface area contributed by atoms with Crippen molar-refractivity contribution in [3.63, 3.8) is 0 Å². The Labute approximate surface area is 137 Å². The minimum Gasteiger partial charge on any atom is -0.346 e. The Morgan fingerprint density at radius 3 is 2.48 bits per heavy atom. The number of benzene rings is 2. The molecule has 0 saturated carbocycles. The Hall–Kier alpha value is -2.60. The highest BCUT2D eigenvalue weighted by atomic mass is 16.1. The van der Waals surface area contributed by atoms with Gasteiger partial charge in [0.05, 0.1) is 17.7 Å². The average molecular weight is 304 g/mol. The van der Waals surface area contributed by atoms with Gasteiger partial charge in [0, 0.05) is 5.56 Å². The largest absolute Gasteiger partial charge is 0.346 e. The van der Waals surface area contributed by atoms with Crippen molar-refractivity contribution in [1.82, 2.24) is 5.32 Å². The van der Waals surface area contributed by atoms with Crippen LogP contribution in [-0.2, 0) is 12.8 Å². The van der Waals surface area contributed by atoms with Crippen molar-refractivity contribution in [2.75, 3.05) is 0 Å². The van der Waals surface area contributed by atoms with Crippen molar-refractivity contribution in [3.05, 3.63) is 70.3 Å². The number of aryl methyl sites for hydroxylation is 2. The van der Waals surface area contributed by atoms with E-state index in [4.69, 9.17) is 5.26 Å². The normalized spacial score (nSPS) is 14.4. The van der Waals surface area contributed by atoms with Gasteiger partial charge in [-0.2, -0.15) is 5.26 Å². The Balaban J connectivity index is 1.71. The van der Waals surface area contributed by atoms with Gasteiger partial charge >= 0.3 is 0 Å². The van der Waals surface area contributed by atoms with Crippen LogP contribution >= 0.6 is 0 Å². The number of nitrogens with one attached hydrogen (secondary N) is 1. The summed E-state index contributed by atoms with van der Waals surface area (Å²) in [5, 5.41) is 11.8. The zero-order chi connectivity index (χ0) is 16.2. The number of nitrogens with zero attached hydrogens (tertiary/aromatic N) is 1. The molecular formula is C20H20N2O. The number of hydrogen-bond donors (Lipinski definition) is 1. The lowest BCUT2D eigenvalue weighted by Gasteiger charge is -2.20. The second-order valence-corrected chi connectivity index (χ2v) is 6.12. The highest BCUT2D eigenvalue weighted by Gasteiger charge is 2.15. The first-order valence-corrected chi connectivity index (χ1v) is 8.10. The van der Waals surface area contributed by atoms with Gasteiger partial charge in [0.1, 0.15) is 0 Å². The molecule has 0 heterocycles. The van der Waals surface area contributed by atoms with Crippen LogP contribution in [0.5, 0.6) is 0 Å². The Morgan fingerprint density at radius 1 is 1.09 bits per heavy atom. The molecule has 0 bridgehead atoms. The molecule has 3 rings (SSSR count). The zero-order valence-electron chi connectivity index (χ0n) is 13.3. The summed E-state index contributed by atoms with van der Waals surface area (Å²) in [5.74, 6) is -0.111. The first-order valence-electron chi connectivity index (χ1n) is 8.10. The smallest absolute Gasteiger partial charge is 0.251 e. The third-order valence-electron chi connectivity index (χ3n) is 4.50. The van der Waals surface area contributed by atoms with Crippen molar-refractivity contribution in [2.45, 2.75) is 38.6 Å². The topological polar surface area (TPSA) is 52.9 Å². The second kappa shape index (κ2) is 6.66. The molecule has 1 aliphatic carbocycles. The third kappa shape index (κ3) is 3.43. The fourth-order valence-corrected chi connectivity index (χ4v) is 3.08. The van der Waals surface area contributed by atoms with Gasteiger partial charge in [-0.1, -0.05) is 18.2 Å². The number of nitriles is 1. The summed E-state index contributed by atoms with van der Waals surface area (Å²) in [6, 6.07) is 15.3. The van der Waals surface area contributed by atoms with Gasteiger partial charge in [-0.15, -0.1) is 0 Å². The second-order valence-electron chi connectivity index (χ2n) is 6.12. The zero-order valence-corrected chi connectivity index (χ0v) is 13.3. The summed E-state index contributed by atoms with van der Waals surface area (Å²) in [6.07, 6.45) is 4.83. The molecule has 0 saturated heterocycles. The molecule has 0 aromatic heterocycles. The molecule has 23 heavy (non-hydrogen) atoms. The van der Waals surface area contributed by atoms with E-state index < -0.39 is 0 Å². The number of amides is 1. The van der Waals surface area contributed by atoms with E-state index in [-0.39, 0.29) is 11.9 Å². The van der Waals surface area contributed by atoms with E-state index in [1.165, 1.54) is 30.4 Å². The average Bonchev–Trinajstić information content (AvgIpc) is 2.61. The molecule has 2 aromatic carbocycles. The van der Waals surface area contributed by atoms with Crippen LogP contribution in [-0.4, -0.2) is 5.91 Å². The maximum Gasteiger partial charge on any atom is 0.251 e. The minimum absolute atomic E-state index is 0.0367. The molecule has 2 aromatic rings. The van der Waals surface area contributed by atoms with Gasteiger partial charge in [0.25, 0.3) is 5.91 Å². The summed E-state index contributed by atoms with van der Waals surface area (Å²) in [7, 11) is 0. The molecule has 3 heteroatoms. The summed E-state index contributed by atoms with van der Waals surface area (Å²) in [5.41, 5.74) is 5.16. The van der Waals surface area contributed by atoms with E-state index in [0.29, 0.717) is 11.1 Å². The summed E-state index contributed by atoms with van der Waals surface area (Å²) >= 11 is 0. The van der Waals surface area contributed by atoms with Crippen molar-refractivity contribution in [1.29, 1.82) is 5.26 Å². The molecule has 1 atom stereocenters. The lowest BCUT2D eigenvalue weighted by molar-refractivity contribution is 0.0940. The van der Waals surface area contributed by atoms with Crippen LogP contribution in [0.4, 0.5) is 0 Å². The maximum atomic E-state index is 12.3. The van der Waals surface area contributed by atoms with Crippen LogP contribution in [0, 0.1) is 11.3 Å². The molecule has 0 spiro atoms. The van der Waals surface area contributed by atoms with E-state index in [1.807, 2.05) is 6.92 Å². The van der Waals surface area contributed by atoms with Gasteiger partial charge in [-0.05, 0) is 73.6 Å². The predicted octanol–water partition coefficient (Wildman–Crippen LogP) is 3.93. The Morgan fingerprint density at radius 2 is 1.78 bits per heavy atom. The molecule has 116 valence electrons.